The minimum absolute atomic E-state index is 0.0409. The van der Waals surface area contributed by atoms with Crippen LogP contribution in [0.2, 0.25) is 0 Å². The summed E-state index contributed by atoms with van der Waals surface area (Å²) in [6, 6.07) is 13.6. The molecule has 2 N–H and O–H groups in total. The molecule has 0 saturated heterocycles. The molecular formula is C16H15NO4. The van der Waals surface area contributed by atoms with Crippen molar-refractivity contribution in [3.63, 3.8) is 0 Å². The van der Waals surface area contributed by atoms with Crippen LogP contribution in [0.3, 0.4) is 0 Å². The summed E-state index contributed by atoms with van der Waals surface area (Å²) in [5, 5.41) is 11.5. The number of methoxy groups -OCH3 is 1. The molecule has 0 saturated carbocycles. The highest BCUT2D eigenvalue weighted by Crippen LogP contribution is 2.19. The number of anilines is 1. The van der Waals surface area contributed by atoms with Gasteiger partial charge in [0.25, 0.3) is 5.91 Å². The second kappa shape index (κ2) is 6.56. The first kappa shape index (κ1) is 14.6. The highest BCUT2D eigenvalue weighted by Gasteiger charge is 2.11. The lowest BCUT2D eigenvalue weighted by atomic mass is 10.1. The Balaban J connectivity index is 2.10. The Labute approximate surface area is 122 Å². The third-order valence-corrected chi connectivity index (χ3v) is 2.92. The first-order chi connectivity index (χ1) is 10.1. The molecule has 2 rings (SSSR count). The molecule has 0 heterocycles. The molecule has 0 radical (unpaired) electrons. The van der Waals surface area contributed by atoms with Crippen molar-refractivity contribution in [2.24, 2.45) is 0 Å². The normalized spacial score (nSPS) is 9.95. The summed E-state index contributed by atoms with van der Waals surface area (Å²) in [7, 11) is 1.51. The van der Waals surface area contributed by atoms with E-state index in [4.69, 9.17) is 9.84 Å². The van der Waals surface area contributed by atoms with Gasteiger partial charge in [-0.15, -0.1) is 0 Å². The van der Waals surface area contributed by atoms with Crippen molar-refractivity contribution >= 4 is 17.6 Å². The van der Waals surface area contributed by atoms with E-state index in [1.54, 1.807) is 48.5 Å². The number of para-hydroxylation sites is 1. The maximum Gasteiger partial charge on any atom is 0.307 e. The fourth-order valence-corrected chi connectivity index (χ4v) is 1.91. The molecule has 0 aliphatic heterocycles. The monoisotopic (exact) mass is 285 g/mol. The van der Waals surface area contributed by atoms with Crippen LogP contribution in [0.1, 0.15) is 15.9 Å². The lowest BCUT2D eigenvalue weighted by Crippen LogP contribution is -2.13. The van der Waals surface area contributed by atoms with E-state index in [0.717, 1.165) is 0 Å². The van der Waals surface area contributed by atoms with E-state index in [0.29, 0.717) is 22.6 Å². The summed E-state index contributed by atoms with van der Waals surface area (Å²) < 4.78 is 5.14. The van der Waals surface area contributed by atoms with Gasteiger partial charge in [0.2, 0.25) is 0 Å². The minimum Gasteiger partial charge on any atom is -0.496 e. The van der Waals surface area contributed by atoms with Gasteiger partial charge >= 0.3 is 5.97 Å². The van der Waals surface area contributed by atoms with Crippen molar-refractivity contribution < 1.29 is 19.4 Å². The smallest absolute Gasteiger partial charge is 0.307 e. The molecule has 108 valence electrons. The number of amides is 1. The number of benzene rings is 2. The van der Waals surface area contributed by atoms with E-state index in [2.05, 4.69) is 5.32 Å². The number of carbonyl (C=O) groups is 2. The SMILES string of the molecule is COc1ccccc1C(=O)Nc1ccc(CC(=O)O)cc1. The Morgan fingerprint density at radius 3 is 2.38 bits per heavy atom. The van der Waals surface area contributed by atoms with E-state index in [-0.39, 0.29) is 12.3 Å². The van der Waals surface area contributed by atoms with Gasteiger partial charge in [0, 0.05) is 5.69 Å². The van der Waals surface area contributed by atoms with Crippen LogP contribution in [0.15, 0.2) is 48.5 Å². The number of rotatable bonds is 5. The lowest BCUT2D eigenvalue weighted by Gasteiger charge is -2.09. The summed E-state index contributed by atoms with van der Waals surface area (Å²) >= 11 is 0. The molecule has 0 spiro atoms. The Morgan fingerprint density at radius 2 is 1.76 bits per heavy atom. The number of carbonyl (C=O) groups excluding carboxylic acids is 1. The Hall–Kier alpha value is -2.82. The van der Waals surface area contributed by atoms with E-state index < -0.39 is 5.97 Å². The summed E-state index contributed by atoms with van der Waals surface area (Å²) in [5.74, 6) is -0.670. The van der Waals surface area contributed by atoms with E-state index in [1.807, 2.05) is 0 Å². The van der Waals surface area contributed by atoms with Gasteiger partial charge in [-0.05, 0) is 29.8 Å². The van der Waals surface area contributed by atoms with Gasteiger partial charge in [-0.2, -0.15) is 0 Å². The molecule has 2 aromatic carbocycles. The summed E-state index contributed by atoms with van der Waals surface area (Å²) in [6.07, 6.45) is -0.0409. The topological polar surface area (TPSA) is 75.6 Å². The van der Waals surface area contributed by atoms with Gasteiger partial charge in [-0.3, -0.25) is 9.59 Å². The highest BCUT2D eigenvalue weighted by molar-refractivity contribution is 6.06. The summed E-state index contributed by atoms with van der Waals surface area (Å²) in [6.45, 7) is 0. The zero-order valence-corrected chi connectivity index (χ0v) is 11.5. The zero-order chi connectivity index (χ0) is 15.2. The molecule has 0 aliphatic carbocycles. The number of hydrogen-bond donors (Lipinski definition) is 2. The predicted molar refractivity (Wildman–Crippen MR) is 78.7 cm³/mol. The third kappa shape index (κ3) is 3.82. The van der Waals surface area contributed by atoms with Crippen LogP contribution in [-0.2, 0) is 11.2 Å². The van der Waals surface area contributed by atoms with Crippen molar-refractivity contribution in [2.75, 3.05) is 12.4 Å². The second-order valence-electron chi connectivity index (χ2n) is 4.42. The van der Waals surface area contributed by atoms with Gasteiger partial charge in [-0.1, -0.05) is 24.3 Å². The van der Waals surface area contributed by atoms with Crippen molar-refractivity contribution in [1.29, 1.82) is 0 Å². The van der Waals surface area contributed by atoms with Crippen LogP contribution in [0.5, 0.6) is 5.75 Å². The fraction of sp³-hybridized carbons (Fsp3) is 0.125. The number of nitrogens with one attached hydrogen (secondary N) is 1. The van der Waals surface area contributed by atoms with Crippen LogP contribution in [0.25, 0.3) is 0 Å². The molecule has 21 heavy (non-hydrogen) atoms. The van der Waals surface area contributed by atoms with E-state index in [9.17, 15) is 9.59 Å². The first-order valence-electron chi connectivity index (χ1n) is 6.35. The molecule has 0 aromatic heterocycles. The van der Waals surface area contributed by atoms with Crippen LogP contribution < -0.4 is 10.1 Å². The first-order valence-corrected chi connectivity index (χ1v) is 6.35. The second-order valence-corrected chi connectivity index (χ2v) is 4.42. The predicted octanol–water partition coefficient (Wildman–Crippen LogP) is 2.57. The van der Waals surface area contributed by atoms with E-state index >= 15 is 0 Å². The Morgan fingerprint density at radius 1 is 1.10 bits per heavy atom. The number of hydrogen-bond acceptors (Lipinski definition) is 3. The average Bonchev–Trinajstić information content (AvgIpc) is 2.48. The molecular weight excluding hydrogens is 270 g/mol. The summed E-state index contributed by atoms with van der Waals surface area (Å²) in [5.41, 5.74) is 1.72. The van der Waals surface area contributed by atoms with Gasteiger partial charge in [-0.25, -0.2) is 0 Å². The Kier molecular flexibility index (Phi) is 4.56. The van der Waals surface area contributed by atoms with Gasteiger partial charge < -0.3 is 15.2 Å². The molecule has 5 heteroatoms. The van der Waals surface area contributed by atoms with Crippen LogP contribution >= 0.6 is 0 Å². The quantitative estimate of drug-likeness (QED) is 0.885. The van der Waals surface area contributed by atoms with Gasteiger partial charge in [0.05, 0.1) is 19.1 Å². The summed E-state index contributed by atoms with van der Waals surface area (Å²) in [4.78, 5) is 22.8. The number of ether oxygens (including phenoxy) is 1. The average molecular weight is 285 g/mol. The standard InChI is InChI=1S/C16H15NO4/c1-21-14-5-3-2-4-13(14)16(20)17-12-8-6-11(7-9-12)10-15(18)19/h2-9H,10H2,1H3,(H,17,20)(H,18,19). The van der Waals surface area contributed by atoms with Crippen LogP contribution in [0.4, 0.5) is 5.69 Å². The van der Waals surface area contributed by atoms with Crippen molar-refractivity contribution in [2.45, 2.75) is 6.42 Å². The number of carboxylic acid groups (broad SMARTS) is 1. The maximum absolute atomic E-state index is 12.2. The molecule has 0 fully saturated rings. The number of aliphatic carboxylic acids is 1. The molecule has 0 aliphatic rings. The van der Waals surface area contributed by atoms with Crippen molar-refractivity contribution in [1.82, 2.24) is 0 Å². The molecule has 0 unspecified atom stereocenters. The maximum atomic E-state index is 12.2. The van der Waals surface area contributed by atoms with Crippen molar-refractivity contribution in [3.8, 4) is 5.75 Å². The Bertz CT molecular complexity index is 650. The van der Waals surface area contributed by atoms with Crippen molar-refractivity contribution in [3.05, 3.63) is 59.7 Å². The zero-order valence-electron chi connectivity index (χ0n) is 11.5. The molecule has 0 atom stereocenters. The lowest BCUT2D eigenvalue weighted by molar-refractivity contribution is -0.136. The molecule has 0 bridgehead atoms. The third-order valence-electron chi connectivity index (χ3n) is 2.92. The highest BCUT2D eigenvalue weighted by atomic mass is 16.5. The van der Waals surface area contributed by atoms with E-state index in [1.165, 1.54) is 7.11 Å². The number of carboxylic acids is 1. The van der Waals surface area contributed by atoms with Crippen LogP contribution in [-0.4, -0.2) is 24.1 Å². The largest absolute Gasteiger partial charge is 0.496 e. The molecule has 5 nitrogen and oxygen atoms in total. The molecule has 1 amide bonds. The van der Waals surface area contributed by atoms with Crippen LogP contribution in [0, 0.1) is 0 Å². The van der Waals surface area contributed by atoms with Gasteiger partial charge in [0.15, 0.2) is 0 Å². The minimum atomic E-state index is -0.888. The fourth-order valence-electron chi connectivity index (χ4n) is 1.91. The molecule has 2 aromatic rings. The van der Waals surface area contributed by atoms with Gasteiger partial charge in [0.1, 0.15) is 5.75 Å².